The minimum Gasteiger partial charge on any atom is -0.504 e. The topological polar surface area (TPSA) is 121 Å². The number of phenols is 1. The van der Waals surface area contributed by atoms with Crippen LogP contribution in [0, 0.1) is 0 Å². The molecule has 1 aromatic carbocycles. The van der Waals surface area contributed by atoms with Gasteiger partial charge in [-0.15, -0.1) is 0 Å². The van der Waals surface area contributed by atoms with E-state index < -0.39 is 15.5 Å². The first-order valence-corrected chi connectivity index (χ1v) is 8.00. The molecule has 0 aliphatic heterocycles. The summed E-state index contributed by atoms with van der Waals surface area (Å²) in [6.45, 7) is 1.62. The molecule has 0 radical (unpaired) electrons. The molecule has 2 rings (SSSR count). The minimum atomic E-state index is -3.66. The number of nitrogens with zero attached hydrogens (tertiary/aromatic N) is 1. The van der Waals surface area contributed by atoms with Crippen molar-refractivity contribution in [1.29, 1.82) is 0 Å². The molecular weight excluding hydrogens is 298 g/mol. The summed E-state index contributed by atoms with van der Waals surface area (Å²) in [6, 6.07) is 1.14. The number of sulfone groups is 1. The van der Waals surface area contributed by atoms with Gasteiger partial charge >= 0.3 is 5.69 Å². The summed E-state index contributed by atoms with van der Waals surface area (Å²) in [6.07, 6.45) is 1.15. The third kappa shape index (κ3) is 2.51. The molecule has 3 N–H and O–H groups in total. The first kappa shape index (κ1) is 15.1. The van der Waals surface area contributed by atoms with Crippen LogP contribution in [0.5, 0.6) is 5.75 Å². The van der Waals surface area contributed by atoms with Crippen molar-refractivity contribution in [3.8, 4) is 5.75 Å². The molecule has 1 amide bonds. The number of carbonyl (C=O) groups excluding carboxylic acids is 1. The van der Waals surface area contributed by atoms with Crippen molar-refractivity contribution in [3.63, 3.8) is 0 Å². The monoisotopic (exact) mass is 313 g/mol. The highest BCUT2D eigenvalue weighted by Crippen LogP contribution is 2.35. The number of aromatic nitrogens is 2. The molecule has 0 aliphatic rings. The number of H-pyrrole nitrogens is 1. The highest BCUT2D eigenvalue weighted by Gasteiger charge is 2.22. The minimum absolute atomic E-state index is 0.0111. The van der Waals surface area contributed by atoms with Crippen molar-refractivity contribution in [2.75, 3.05) is 11.6 Å². The van der Waals surface area contributed by atoms with Crippen molar-refractivity contribution >= 4 is 32.5 Å². The van der Waals surface area contributed by atoms with Crippen LogP contribution in [0.15, 0.2) is 15.8 Å². The fraction of sp³-hybridized carbons (Fsp3) is 0.333. The Morgan fingerprint density at radius 3 is 2.62 bits per heavy atom. The van der Waals surface area contributed by atoms with Gasteiger partial charge in [-0.25, -0.2) is 13.2 Å². The second-order valence-electron chi connectivity index (χ2n) is 4.66. The van der Waals surface area contributed by atoms with Gasteiger partial charge in [0.1, 0.15) is 5.52 Å². The van der Waals surface area contributed by atoms with Gasteiger partial charge in [-0.1, -0.05) is 6.92 Å². The van der Waals surface area contributed by atoms with E-state index in [0.29, 0.717) is 0 Å². The van der Waals surface area contributed by atoms with Gasteiger partial charge in [-0.3, -0.25) is 9.36 Å². The van der Waals surface area contributed by atoms with Gasteiger partial charge in [0.05, 0.1) is 16.1 Å². The van der Waals surface area contributed by atoms with Crippen LogP contribution in [0.4, 0.5) is 5.69 Å². The third-order valence-corrected chi connectivity index (χ3v) is 4.23. The Morgan fingerprint density at radius 2 is 2.10 bits per heavy atom. The maximum atomic E-state index is 11.9. The quantitative estimate of drug-likeness (QED) is 0.705. The lowest BCUT2D eigenvalue weighted by molar-refractivity contribution is -0.115. The lowest BCUT2D eigenvalue weighted by Crippen LogP contribution is -2.12. The number of anilines is 1. The molecule has 0 bridgehead atoms. The lowest BCUT2D eigenvalue weighted by Gasteiger charge is -2.11. The van der Waals surface area contributed by atoms with E-state index in [4.69, 9.17) is 0 Å². The number of carbonyl (C=O) groups is 1. The Labute approximate surface area is 120 Å². The number of imidazole rings is 1. The molecule has 1 heterocycles. The van der Waals surface area contributed by atoms with E-state index in [9.17, 15) is 23.1 Å². The summed E-state index contributed by atoms with van der Waals surface area (Å²) in [5.41, 5.74) is -0.583. The Hall–Kier alpha value is -2.29. The van der Waals surface area contributed by atoms with E-state index in [1.165, 1.54) is 7.05 Å². The summed E-state index contributed by atoms with van der Waals surface area (Å²) >= 11 is 0. The highest BCUT2D eigenvalue weighted by atomic mass is 32.2. The standard InChI is InChI=1S/C12H15N3O5S/c1-4-8(16)13-6-5-7(21(3,19)20)9-10(11(6)17)15(2)12(18)14-9/h5,17H,4H2,1-3H3,(H,13,16)(H,14,18). The molecule has 0 saturated heterocycles. The number of hydrogen-bond acceptors (Lipinski definition) is 5. The SMILES string of the molecule is CCC(=O)Nc1cc(S(C)(=O)=O)c2[nH]c(=O)n(C)c2c1O. The summed E-state index contributed by atoms with van der Waals surface area (Å²) in [4.78, 5) is 25.4. The Kier molecular flexibility index (Phi) is 3.54. The second kappa shape index (κ2) is 4.92. The van der Waals surface area contributed by atoms with Crippen molar-refractivity contribution < 1.29 is 18.3 Å². The Bertz CT molecular complexity index is 892. The van der Waals surface area contributed by atoms with Crippen molar-refractivity contribution in [3.05, 3.63) is 16.6 Å². The van der Waals surface area contributed by atoms with Crippen LogP contribution in [0.3, 0.4) is 0 Å². The molecule has 21 heavy (non-hydrogen) atoms. The lowest BCUT2D eigenvalue weighted by atomic mass is 10.2. The molecule has 2 aromatic rings. The van der Waals surface area contributed by atoms with E-state index in [1.807, 2.05) is 0 Å². The van der Waals surface area contributed by atoms with Crippen LogP contribution >= 0.6 is 0 Å². The van der Waals surface area contributed by atoms with Gasteiger partial charge < -0.3 is 15.4 Å². The molecule has 8 nitrogen and oxygen atoms in total. The molecular formula is C12H15N3O5S. The molecule has 0 atom stereocenters. The number of hydrogen-bond donors (Lipinski definition) is 3. The Morgan fingerprint density at radius 1 is 1.48 bits per heavy atom. The van der Waals surface area contributed by atoms with Gasteiger partial charge in [0.25, 0.3) is 0 Å². The fourth-order valence-corrected chi connectivity index (χ4v) is 2.85. The second-order valence-corrected chi connectivity index (χ2v) is 6.64. The summed E-state index contributed by atoms with van der Waals surface area (Å²) in [5, 5.41) is 12.6. The fourth-order valence-electron chi connectivity index (χ4n) is 2.00. The number of benzene rings is 1. The maximum Gasteiger partial charge on any atom is 0.326 e. The Balaban J connectivity index is 2.90. The number of nitrogens with one attached hydrogen (secondary N) is 2. The largest absolute Gasteiger partial charge is 0.504 e. The van der Waals surface area contributed by atoms with Crippen molar-refractivity contribution in [2.45, 2.75) is 18.2 Å². The maximum absolute atomic E-state index is 11.9. The zero-order chi connectivity index (χ0) is 15.9. The van der Waals surface area contributed by atoms with Gasteiger partial charge in [0, 0.05) is 19.7 Å². The summed E-state index contributed by atoms with van der Waals surface area (Å²) < 4.78 is 24.8. The molecule has 0 fully saturated rings. The van der Waals surface area contributed by atoms with Crippen molar-refractivity contribution in [1.82, 2.24) is 9.55 Å². The summed E-state index contributed by atoms with van der Waals surface area (Å²) in [7, 11) is -2.27. The number of amides is 1. The zero-order valence-electron chi connectivity index (χ0n) is 11.7. The van der Waals surface area contributed by atoms with E-state index in [1.54, 1.807) is 6.92 Å². The van der Waals surface area contributed by atoms with E-state index in [2.05, 4.69) is 10.3 Å². The van der Waals surface area contributed by atoms with E-state index >= 15 is 0 Å². The number of aryl methyl sites for hydroxylation is 1. The smallest absolute Gasteiger partial charge is 0.326 e. The summed E-state index contributed by atoms with van der Waals surface area (Å²) in [5.74, 6) is -0.746. The van der Waals surface area contributed by atoms with Crippen LogP contribution in [-0.4, -0.2) is 35.2 Å². The van der Waals surface area contributed by atoms with Crippen LogP contribution in [0.1, 0.15) is 13.3 Å². The third-order valence-electron chi connectivity index (χ3n) is 3.10. The van der Waals surface area contributed by atoms with E-state index in [-0.39, 0.29) is 39.7 Å². The predicted molar refractivity (Wildman–Crippen MR) is 77.2 cm³/mol. The van der Waals surface area contributed by atoms with Gasteiger partial charge in [-0.2, -0.15) is 0 Å². The molecule has 9 heteroatoms. The van der Waals surface area contributed by atoms with Crippen LogP contribution in [0.2, 0.25) is 0 Å². The number of aromatic amines is 1. The van der Waals surface area contributed by atoms with Crippen molar-refractivity contribution in [2.24, 2.45) is 7.05 Å². The molecule has 0 saturated carbocycles. The van der Waals surface area contributed by atoms with E-state index in [0.717, 1.165) is 16.9 Å². The number of aromatic hydroxyl groups is 1. The molecule has 1 aromatic heterocycles. The van der Waals surface area contributed by atoms with Crippen LogP contribution in [0.25, 0.3) is 11.0 Å². The normalized spacial score (nSPS) is 11.8. The molecule has 0 unspecified atom stereocenters. The molecule has 0 aliphatic carbocycles. The van der Waals surface area contributed by atoms with Crippen LogP contribution < -0.4 is 11.0 Å². The number of rotatable bonds is 3. The zero-order valence-corrected chi connectivity index (χ0v) is 12.5. The molecule has 114 valence electrons. The predicted octanol–water partition coefficient (Wildman–Crippen LogP) is 0.324. The average Bonchev–Trinajstić information content (AvgIpc) is 2.67. The average molecular weight is 313 g/mol. The van der Waals surface area contributed by atoms with Gasteiger partial charge in [0.2, 0.25) is 5.91 Å². The highest BCUT2D eigenvalue weighted by molar-refractivity contribution is 7.91. The number of phenolic OH excluding ortho intramolecular Hbond substituents is 1. The van der Waals surface area contributed by atoms with Gasteiger partial charge in [0.15, 0.2) is 15.6 Å². The van der Waals surface area contributed by atoms with Crippen LogP contribution in [-0.2, 0) is 21.7 Å². The molecule has 0 spiro atoms. The number of fused-ring (bicyclic) bond motifs is 1. The van der Waals surface area contributed by atoms with Gasteiger partial charge in [-0.05, 0) is 6.07 Å². The first-order valence-electron chi connectivity index (χ1n) is 6.11. The first-order chi connectivity index (χ1) is 9.66.